The Bertz CT molecular complexity index is 639. The monoisotopic (exact) mass is 344 g/mol. The van der Waals surface area contributed by atoms with Gasteiger partial charge >= 0.3 is 6.36 Å². The van der Waals surface area contributed by atoms with Crippen LogP contribution in [0.4, 0.5) is 13.2 Å². The van der Waals surface area contributed by atoms with E-state index in [0.29, 0.717) is 27.4 Å². The van der Waals surface area contributed by atoms with Crippen molar-refractivity contribution in [2.45, 2.75) is 6.36 Å². The molecule has 0 atom stereocenters. The van der Waals surface area contributed by atoms with Crippen LogP contribution in [0.1, 0.15) is 10.4 Å². The Morgan fingerprint density at radius 2 is 1.80 bits per heavy atom. The number of carbonyl (C=O) groups is 1. The van der Waals surface area contributed by atoms with Gasteiger partial charge < -0.3 is 4.74 Å². The van der Waals surface area contributed by atoms with Crippen molar-refractivity contribution < 1.29 is 22.7 Å². The second-order valence-corrected chi connectivity index (χ2v) is 4.88. The van der Waals surface area contributed by atoms with E-state index < -0.39 is 6.36 Å². The molecule has 20 heavy (non-hydrogen) atoms. The highest BCUT2D eigenvalue weighted by Crippen LogP contribution is 2.29. The lowest BCUT2D eigenvalue weighted by molar-refractivity contribution is -0.274. The maximum absolute atomic E-state index is 12.2. The molecule has 2 aromatic carbocycles. The summed E-state index contributed by atoms with van der Waals surface area (Å²) in [4.78, 5) is 10.8. The SMILES string of the molecule is O=Cc1cc(Br)cc(-c2cccc(OC(F)(F)F)c2)c1. The molecule has 0 aliphatic carbocycles. The van der Waals surface area contributed by atoms with Crippen molar-refractivity contribution >= 4 is 22.2 Å². The number of aldehydes is 1. The van der Waals surface area contributed by atoms with Crippen LogP contribution in [-0.4, -0.2) is 12.6 Å². The van der Waals surface area contributed by atoms with Gasteiger partial charge in [-0.1, -0.05) is 28.1 Å². The van der Waals surface area contributed by atoms with Crippen LogP contribution in [0.15, 0.2) is 46.9 Å². The molecular weight excluding hydrogens is 337 g/mol. The second kappa shape index (κ2) is 5.66. The normalized spacial score (nSPS) is 11.2. The van der Waals surface area contributed by atoms with E-state index in [9.17, 15) is 18.0 Å². The quantitative estimate of drug-likeness (QED) is 0.745. The third-order valence-electron chi connectivity index (χ3n) is 2.46. The van der Waals surface area contributed by atoms with E-state index in [-0.39, 0.29) is 5.75 Å². The van der Waals surface area contributed by atoms with Gasteiger partial charge in [0.25, 0.3) is 0 Å². The Labute approximate surface area is 121 Å². The van der Waals surface area contributed by atoms with Crippen molar-refractivity contribution in [1.29, 1.82) is 0 Å². The summed E-state index contributed by atoms with van der Waals surface area (Å²) < 4.78 is 41.1. The van der Waals surface area contributed by atoms with Gasteiger partial charge in [0.15, 0.2) is 0 Å². The van der Waals surface area contributed by atoms with E-state index in [0.717, 1.165) is 0 Å². The standard InChI is InChI=1S/C14H8BrF3O2/c15-12-5-9(8-19)4-11(6-12)10-2-1-3-13(7-10)20-14(16,17)18/h1-8H. The van der Waals surface area contributed by atoms with E-state index in [1.54, 1.807) is 24.3 Å². The summed E-state index contributed by atoms with van der Waals surface area (Å²) in [5.41, 5.74) is 1.57. The number of halogens is 4. The Balaban J connectivity index is 2.40. The zero-order valence-electron chi connectivity index (χ0n) is 9.95. The molecule has 2 aromatic rings. The molecule has 6 heteroatoms. The van der Waals surface area contributed by atoms with Crippen molar-refractivity contribution in [2.24, 2.45) is 0 Å². The van der Waals surface area contributed by atoms with Gasteiger partial charge in [-0.15, -0.1) is 13.2 Å². The molecule has 0 heterocycles. The van der Waals surface area contributed by atoms with Gasteiger partial charge in [-0.05, 0) is 41.5 Å². The smallest absolute Gasteiger partial charge is 0.406 e. The summed E-state index contributed by atoms with van der Waals surface area (Å²) in [5, 5.41) is 0. The molecule has 0 aliphatic heterocycles. The summed E-state index contributed by atoms with van der Waals surface area (Å²) >= 11 is 3.25. The van der Waals surface area contributed by atoms with Crippen molar-refractivity contribution in [3.05, 3.63) is 52.5 Å². The lowest BCUT2D eigenvalue weighted by Crippen LogP contribution is -2.17. The number of carbonyl (C=O) groups excluding carboxylic acids is 1. The van der Waals surface area contributed by atoms with Gasteiger partial charge in [-0.2, -0.15) is 0 Å². The van der Waals surface area contributed by atoms with Gasteiger partial charge in [0.1, 0.15) is 12.0 Å². The molecule has 2 nitrogen and oxygen atoms in total. The second-order valence-electron chi connectivity index (χ2n) is 3.97. The number of alkyl halides is 3. The largest absolute Gasteiger partial charge is 0.573 e. The first-order valence-electron chi connectivity index (χ1n) is 5.49. The lowest BCUT2D eigenvalue weighted by Gasteiger charge is -2.10. The van der Waals surface area contributed by atoms with Crippen LogP contribution in [0.5, 0.6) is 5.75 Å². The highest BCUT2D eigenvalue weighted by atomic mass is 79.9. The maximum Gasteiger partial charge on any atom is 0.573 e. The molecule has 0 radical (unpaired) electrons. The van der Waals surface area contributed by atoms with E-state index in [1.165, 1.54) is 18.2 Å². The summed E-state index contributed by atoms with van der Waals surface area (Å²) in [6.07, 6.45) is -4.06. The third kappa shape index (κ3) is 3.84. The maximum atomic E-state index is 12.2. The lowest BCUT2D eigenvalue weighted by atomic mass is 10.0. The number of benzene rings is 2. The number of hydrogen-bond acceptors (Lipinski definition) is 2. The molecule has 0 unspecified atom stereocenters. The molecular formula is C14H8BrF3O2. The first-order valence-corrected chi connectivity index (χ1v) is 6.28. The van der Waals surface area contributed by atoms with Crippen LogP contribution in [0.3, 0.4) is 0 Å². The molecule has 0 aromatic heterocycles. The number of rotatable bonds is 3. The van der Waals surface area contributed by atoms with Crippen molar-refractivity contribution in [1.82, 2.24) is 0 Å². The Morgan fingerprint density at radius 3 is 2.45 bits per heavy atom. The topological polar surface area (TPSA) is 26.3 Å². The zero-order valence-corrected chi connectivity index (χ0v) is 11.5. The van der Waals surface area contributed by atoms with Crippen LogP contribution in [0.2, 0.25) is 0 Å². The average molecular weight is 345 g/mol. The molecule has 0 fully saturated rings. The van der Waals surface area contributed by atoms with Crippen LogP contribution in [-0.2, 0) is 0 Å². The molecule has 0 aliphatic rings. The van der Waals surface area contributed by atoms with E-state index in [2.05, 4.69) is 20.7 Å². The molecule has 104 valence electrons. The number of hydrogen-bond donors (Lipinski definition) is 0. The minimum Gasteiger partial charge on any atom is -0.406 e. The third-order valence-corrected chi connectivity index (χ3v) is 2.91. The van der Waals surface area contributed by atoms with Crippen LogP contribution in [0.25, 0.3) is 11.1 Å². The molecule has 2 rings (SSSR count). The van der Waals surface area contributed by atoms with Crippen LogP contribution < -0.4 is 4.74 Å². The zero-order chi connectivity index (χ0) is 14.8. The molecule has 0 saturated heterocycles. The van der Waals surface area contributed by atoms with Gasteiger partial charge in [-0.25, -0.2) is 0 Å². The minimum absolute atomic E-state index is 0.303. The molecule has 0 saturated carbocycles. The van der Waals surface area contributed by atoms with E-state index >= 15 is 0 Å². The summed E-state index contributed by atoms with van der Waals surface area (Å²) in [5.74, 6) is -0.303. The van der Waals surface area contributed by atoms with Crippen LogP contribution >= 0.6 is 15.9 Å². The fourth-order valence-electron chi connectivity index (χ4n) is 1.72. The molecule has 0 spiro atoms. The highest BCUT2D eigenvalue weighted by Gasteiger charge is 2.31. The van der Waals surface area contributed by atoms with Crippen molar-refractivity contribution in [3.8, 4) is 16.9 Å². The summed E-state index contributed by atoms with van der Waals surface area (Å²) in [6.45, 7) is 0. The van der Waals surface area contributed by atoms with E-state index in [4.69, 9.17) is 0 Å². The fraction of sp³-hybridized carbons (Fsp3) is 0.0714. The molecule has 0 bridgehead atoms. The average Bonchev–Trinajstić information content (AvgIpc) is 2.36. The number of ether oxygens (including phenoxy) is 1. The summed E-state index contributed by atoms with van der Waals surface area (Å²) in [6, 6.07) is 10.5. The Hall–Kier alpha value is -1.82. The Kier molecular flexibility index (Phi) is 4.13. The highest BCUT2D eigenvalue weighted by molar-refractivity contribution is 9.10. The minimum atomic E-state index is -4.73. The molecule has 0 N–H and O–H groups in total. The van der Waals surface area contributed by atoms with Gasteiger partial charge in [-0.3, -0.25) is 4.79 Å². The fourth-order valence-corrected chi connectivity index (χ4v) is 2.23. The predicted octanol–water partition coefficient (Wildman–Crippen LogP) is 4.83. The van der Waals surface area contributed by atoms with E-state index in [1.807, 2.05) is 0 Å². The molecule has 0 amide bonds. The van der Waals surface area contributed by atoms with Crippen molar-refractivity contribution in [2.75, 3.05) is 0 Å². The first-order chi connectivity index (χ1) is 9.37. The van der Waals surface area contributed by atoms with Gasteiger partial charge in [0.2, 0.25) is 0 Å². The van der Waals surface area contributed by atoms with Crippen molar-refractivity contribution in [3.63, 3.8) is 0 Å². The van der Waals surface area contributed by atoms with Crippen LogP contribution in [0, 0.1) is 0 Å². The summed E-state index contributed by atoms with van der Waals surface area (Å²) in [7, 11) is 0. The predicted molar refractivity (Wildman–Crippen MR) is 71.6 cm³/mol. The first kappa shape index (κ1) is 14.6. The van der Waals surface area contributed by atoms with Gasteiger partial charge in [0, 0.05) is 10.0 Å². The van der Waals surface area contributed by atoms with Gasteiger partial charge in [0.05, 0.1) is 0 Å². The Morgan fingerprint density at radius 1 is 1.05 bits per heavy atom.